The molecule has 2 rings (SSSR count). The van der Waals surface area contributed by atoms with Gasteiger partial charge in [-0.3, -0.25) is 0 Å². The van der Waals surface area contributed by atoms with Gasteiger partial charge in [0.15, 0.2) is 0 Å². The molecule has 0 spiro atoms. The summed E-state index contributed by atoms with van der Waals surface area (Å²) in [5.74, 6) is 0.342. The van der Waals surface area contributed by atoms with E-state index in [0.29, 0.717) is 16.0 Å². The van der Waals surface area contributed by atoms with Crippen molar-refractivity contribution in [1.82, 2.24) is 5.32 Å². The Morgan fingerprint density at radius 3 is 2.93 bits per heavy atom. The summed E-state index contributed by atoms with van der Waals surface area (Å²) in [7, 11) is 0. The molecule has 1 atom stereocenters. The Morgan fingerprint density at radius 1 is 1.50 bits per heavy atom. The van der Waals surface area contributed by atoms with E-state index in [9.17, 15) is 4.39 Å². The van der Waals surface area contributed by atoms with Gasteiger partial charge in [0.2, 0.25) is 0 Å². The van der Waals surface area contributed by atoms with E-state index in [4.69, 9.17) is 0 Å². The SMILES string of the molecule is Cc1ccc(C2CCNC2)c(Br)c1F. The zero-order valence-corrected chi connectivity index (χ0v) is 9.70. The van der Waals surface area contributed by atoms with Crippen LogP contribution in [0.4, 0.5) is 4.39 Å². The van der Waals surface area contributed by atoms with Crippen molar-refractivity contribution in [3.05, 3.63) is 33.5 Å². The minimum Gasteiger partial charge on any atom is -0.316 e. The molecule has 14 heavy (non-hydrogen) atoms. The largest absolute Gasteiger partial charge is 0.316 e. The van der Waals surface area contributed by atoms with Crippen molar-refractivity contribution in [2.75, 3.05) is 13.1 Å². The number of benzene rings is 1. The fourth-order valence-electron chi connectivity index (χ4n) is 1.90. The predicted molar refractivity (Wildman–Crippen MR) is 59.1 cm³/mol. The summed E-state index contributed by atoms with van der Waals surface area (Å²) in [6.45, 7) is 3.78. The highest BCUT2D eigenvalue weighted by molar-refractivity contribution is 9.10. The van der Waals surface area contributed by atoms with Crippen molar-refractivity contribution >= 4 is 15.9 Å². The average Bonchev–Trinajstić information content (AvgIpc) is 2.67. The second kappa shape index (κ2) is 3.99. The van der Waals surface area contributed by atoms with Crippen LogP contribution in [-0.2, 0) is 0 Å². The summed E-state index contributed by atoms with van der Waals surface area (Å²) in [6.07, 6.45) is 1.10. The summed E-state index contributed by atoms with van der Waals surface area (Å²) in [5, 5.41) is 3.29. The molecule has 0 saturated carbocycles. The van der Waals surface area contributed by atoms with Crippen molar-refractivity contribution in [2.45, 2.75) is 19.3 Å². The van der Waals surface area contributed by atoms with E-state index in [1.807, 2.05) is 12.1 Å². The molecule has 0 amide bonds. The first-order valence-electron chi connectivity index (χ1n) is 4.85. The van der Waals surface area contributed by atoms with Gasteiger partial charge in [-0.25, -0.2) is 4.39 Å². The summed E-state index contributed by atoms with van der Waals surface area (Å²) in [4.78, 5) is 0. The molecule has 76 valence electrons. The first-order valence-corrected chi connectivity index (χ1v) is 5.64. The monoisotopic (exact) mass is 257 g/mol. The molecule has 1 nitrogen and oxygen atoms in total. The van der Waals surface area contributed by atoms with E-state index in [1.54, 1.807) is 6.92 Å². The van der Waals surface area contributed by atoms with E-state index in [-0.39, 0.29) is 5.82 Å². The lowest BCUT2D eigenvalue weighted by Crippen LogP contribution is -2.08. The standard InChI is InChI=1S/C11H13BrFN/c1-7-2-3-9(10(12)11(7)13)8-4-5-14-6-8/h2-3,8,14H,4-6H2,1H3. The molecule has 1 fully saturated rings. The van der Waals surface area contributed by atoms with Gasteiger partial charge >= 0.3 is 0 Å². The molecule has 1 N–H and O–H groups in total. The van der Waals surface area contributed by atoms with Gasteiger partial charge in [-0.15, -0.1) is 0 Å². The molecule has 1 unspecified atom stereocenters. The summed E-state index contributed by atoms with van der Waals surface area (Å²) in [5.41, 5.74) is 1.80. The quantitative estimate of drug-likeness (QED) is 0.816. The number of halogens is 2. The van der Waals surface area contributed by atoms with Crippen LogP contribution < -0.4 is 5.32 Å². The molecule has 1 saturated heterocycles. The number of aryl methyl sites for hydroxylation is 1. The molecular weight excluding hydrogens is 245 g/mol. The topological polar surface area (TPSA) is 12.0 Å². The van der Waals surface area contributed by atoms with Crippen molar-refractivity contribution in [3.8, 4) is 0 Å². The second-order valence-electron chi connectivity index (χ2n) is 3.79. The Kier molecular flexibility index (Phi) is 2.88. The Bertz CT molecular complexity index is 345. The smallest absolute Gasteiger partial charge is 0.140 e. The lowest BCUT2D eigenvalue weighted by atomic mass is 9.97. The lowest BCUT2D eigenvalue weighted by Gasteiger charge is -2.12. The van der Waals surface area contributed by atoms with Crippen molar-refractivity contribution in [3.63, 3.8) is 0 Å². The maximum absolute atomic E-state index is 13.6. The summed E-state index contributed by atoms with van der Waals surface area (Å²) < 4.78 is 14.2. The van der Waals surface area contributed by atoms with Crippen LogP contribution in [-0.4, -0.2) is 13.1 Å². The van der Waals surface area contributed by atoms with Crippen LogP contribution >= 0.6 is 15.9 Å². The van der Waals surface area contributed by atoms with Crippen LogP contribution in [0.3, 0.4) is 0 Å². The third-order valence-corrected chi connectivity index (χ3v) is 3.61. The van der Waals surface area contributed by atoms with Gasteiger partial charge in [0.25, 0.3) is 0 Å². The van der Waals surface area contributed by atoms with Crippen LogP contribution in [0.25, 0.3) is 0 Å². The van der Waals surface area contributed by atoms with E-state index >= 15 is 0 Å². The normalized spacial score (nSPS) is 21.5. The molecule has 1 aliphatic heterocycles. The molecule has 1 heterocycles. The van der Waals surface area contributed by atoms with Gasteiger partial charge in [0.05, 0.1) is 4.47 Å². The summed E-state index contributed by atoms with van der Waals surface area (Å²) >= 11 is 3.34. The Morgan fingerprint density at radius 2 is 2.29 bits per heavy atom. The van der Waals surface area contributed by atoms with Crippen LogP contribution in [0.2, 0.25) is 0 Å². The highest BCUT2D eigenvalue weighted by Crippen LogP contribution is 2.32. The lowest BCUT2D eigenvalue weighted by molar-refractivity contribution is 0.604. The van der Waals surface area contributed by atoms with Crippen molar-refractivity contribution in [2.24, 2.45) is 0 Å². The van der Waals surface area contributed by atoms with Crippen LogP contribution in [0.1, 0.15) is 23.5 Å². The third-order valence-electron chi connectivity index (χ3n) is 2.81. The van der Waals surface area contributed by atoms with Gasteiger partial charge in [-0.2, -0.15) is 0 Å². The Hall–Kier alpha value is -0.410. The number of rotatable bonds is 1. The average molecular weight is 258 g/mol. The minimum absolute atomic E-state index is 0.116. The molecule has 1 aromatic rings. The fourth-order valence-corrected chi connectivity index (χ4v) is 2.66. The number of hydrogen-bond donors (Lipinski definition) is 1. The van der Waals surface area contributed by atoms with E-state index in [1.165, 1.54) is 0 Å². The Labute approximate surface area is 91.8 Å². The molecule has 0 aliphatic carbocycles. The highest BCUT2D eigenvalue weighted by Gasteiger charge is 2.20. The predicted octanol–water partition coefficient (Wildman–Crippen LogP) is 2.97. The van der Waals surface area contributed by atoms with Crippen molar-refractivity contribution in [1.29, 1.82) is 0 Å². The highest BCUT2D eigenvalue weighted by atomic mass is 79.9. The fraction of sp³-hybridized carbons (Fsp3) is 0.455. The van der Waals surface area contributed by atoms with E-state index < -0.39 is 0 Å². The third kappa shape index (κ3) is 1.71. The van der Waals surface area contributed by atoms with Gasteiger partial charge in [0.1, 0.15) is 5.82 Å². The van der Waals surface area contributed by atoms with Crippen LogP contribution in [0.15, 0.2) is 16.6 Å². The molecule has 0 bridgehead atoms. The molecule has 1 aromatic carbocycles. The van der Waals surface area contributed by atoms with Gasteiger partial charge < -0.3 is 5.32 Å². The zero-order valence-electron chi connectivity index (χ0n) is 8.11. The first-order chi connectivity index (χ1) is 6.70. The molecule has 3 heteroatoms. The van der Waals surface area contributed by atoms with Gasteiger partial charge in [0, 0.05) is 6.54 Å². The second-order valence-corrected chi connectivity index (χ2v) is 4.58. The van der Waals surface area contributed by atoms with Crippen molar-refractivity contribution < 1.29 is 4.39 Å². The Balaban J connectivity index is 2.38. The molecule has 0 aromatic heterocycles. The molecule has 0 radical (unpaired) electrons. The maximum Gasteiger partial charge on any atom is 0.140 e. The molecule has 1 aliphatic rings. The van der Waals surface area contributed by atoms with Gasteiger partial charge in [-0.05, 0) is 52.9 Å². The zero-order chi connectivity index (χ0) is 10.1. The minimum atomic E-state index is -0.116. The molecular formula is C11H13BrFN. The first kappa shape index (κ1) is 10.1. The van der Waals surface area contributed by atoms with E-state index in [2.05, 4.69) is 21.2 Å². The number of nitrogens with one attached hydrogen (secondary N) is 1. The van der Waals surface area contributed by atoms with E-state index in [0.717, 1.165) is 25.1 Å². The van der Waals surface area contributed by atoms with Crippen LogP contribution in [0, 0.1) is 12.7 Å². The van der Waals surface area contributed by atoms with Crippen LogP contribution in [0.5, 0.6) is 0 Å². The number of hydrogen-bond acceptors (Lipinski definition) is 1. The maximum atomic E-state index is 13.6. The van der Waals surface area contributed by atoms with Gasteiger partial charge in [-0.1, -0.05) is 12.1 Å². The summed E-state index contributed by atoms with van der Waals surface area (Å²) in [6, 6.07) is 3.88.